The minimum Gasteiger partial charge on any atom is -0.496 e. The molecule has 0 atom stereocenters. The molecule has 1 N–H and O–H groups in total. The van der Waals surface area contributed by atoms with E-state index in [1.165, 1.54) is 16.7 Å². The second kappa shape index (κ2) is 6.03. The van der Waals surface area contributed by atoms with Crippen LogP contribution in [0.25, 0.3) is 0 Å². The van der Waals surface area contributed by atoms with E-state index in [2.05, 4.69) is 43.9 Å². The summed E-state index contributed by atoms with van der Waals surface area (Å²) in [6.07, 6.45) is 0. The predicted octanol–water partition coefficient (Wildman–Crippen LogP) is 2.33. The van der Waals surface area contributed by atoms with Crippen molar-refractivity contribution < 1.29 is 4.74 Å². The van der Waals surface area contributed by atoms with Crippen LogP contribution in [0.5, 0.6) is 5.75 Å². The molecular formula is C12H19NOS. The SMILES string of the molecule is COc1cc(C)c(C)cc1CNCCS. The first kappa shape index (κ1) is 12.4. The summed E-state index contributed by atoms with van der Waals surface area (Å²) in [4.78, 5) is 0. The Balaban J connectivity index is 2.80. The molecule has 1 aromatic rings. The molecule has 0 spiro atoms. The maximum Gasteiger partial charge on any atom is 0.123 e. The van der Waals surface area contributed by atoms with E-state index in [0.29, 0.717) is 0 Å². The Morgan fingerprint density at radius 3 is 2.53 bits per heavy atom. The zero-order valence-corrected chi connectivity index (χ0v) is 10.5. The quantitative estimate of drug-likeness (QED) is 0.593. The number of benzene rings is 1. The Morgan fingerprint density at radius 1 is 1.27 bits per heavy atom. The van der Waals surface area contributed by atoms with Gasteiger partial charge >= 0.3 is 0 Å². The molecule has 2 nitrogen and oxygen atoms in total. The van der Waals surface area contributed by atoms with Gasteiger partial charge in [-0.15, -0.1) is 0 Å². The summed E-state index contributed by atoms with van der Waals surface area (Å²) >= 11 is 4.16. The van der Waals surface area contributed by atoms with Crippen molar-refractivity contribution in [3.05, 3.63) is 28.8 Å². The van der Waals surface area contributed by atoms with Gasteiger partial charge in [0.25, 0.3) is 0 Å². The van der Waals surface area contributed by atoms with Crippen molar-refractivity contribution in [2.24, 2.45) is 0 Å². The van der Waals surface area contributed by atoms with Crippen molar-refractivity contribution >= 4 is 12.6 Å². The number of ether oxygens (including phenoxy) is 1. The molecule has 0 heterocycles. The van der Waals surface area contributed by atoms with Gasteiger partial charge in [-0.05, 0) is 31.0 Å². The van der Waals surface area contributed by atoms with Crippen LogP contribution in [0.4, 0.5) is 0 Å². The Morgan fingerprint density at radius 2 is 1.93 bits per heavy atom. The van der Waals surface area contributed by atoms with Crippen LogP contribution in [-0.2, 0) is 6.54 Å². The minimum absolute atomic E-state index is 0.838. The standard InChI is InChI=1S/C12H19NOS/c1-9-6-11(8-13-4-5-15)12(14-3)7-10(9)2/h6-7,13,15H,4-5,8H2,1-3H3. The molecule has 0 aromatic heterocycles. The topological polar surface area (TPSA) is 21.3 Å². The molecule has 0 radical (unpaired) electrons. The summed E-state index contributed by atoms with van der Waals surface area (Å²) in [5, 5.41) is 3.32. The summed E-state index contributed by atoms with van der Waals surface area (Å²) in [6, 6.07) is 4.27. The number of nitrogens with one attached hydrogen (secondary N) is 1. The van der Waals surface area contributed by atoms with Crippen LogP contribution in [0.15, 0.2) is 12.1 Å². The van der Waals surface area contributed by atoms with Gasteiger partial charge in [-0.1, -0.05) is 6.07 Å². The molecule has 0 aliphatic carbocycles. The van der Waals surface area contributed by atoms with Crippen molar-refractivity contribution in [2.45, 2.75) is 20.4 Å². The van der Waals surface area contributed by atoms with E-state index in [9.17, 15) is 0 Å². The van der Waals surface area contributed by atoms with Crippen LogP contribution in [0, 0.1) is 13.8 Å². The molecular weight excluding hydrogens is 206 g/mol. The number of hydrogen-bond acceptors (Lipinski definition) is 3. The monoisotopic (exact) mass is 225 g/mol. The van der Waals surface area contributed by atoms with Crippen LogP contribution in [0.3, 0.4) is 0 Å². The Bertz CT molecular complexity index is 326. The van der Waals surface area contributed by atoms with E-state index < -0.39 is 0 Å². The number of hydrogen-bond donors (Lipinski definition) is 2. The van der Waals surface area contributed by atoms with Crippen LogP contribution >= 0.6 is 12.6 Å². The minimum atomic E-state index is 0.838. The van der Waals surface area contributed by atoms with Gasteiger partial charge in [-0.3, -0.25) is 0 Å². The Labute approximate surface area is 97.4 Å². The molecule has 1 rings (SSSR count). The zero-order chi connectivity index (χ0) is 11.3. The molecule has 0 saturated carbocycles. The molecule has 0 aliphatic rings. The fourth-order valence-corrected chi connectivity index (χ4v) is 1.64. The Hall–Kier alpha value is -0.670. The smallest absolute Gasteiger partial charge is 0.123 e. The lowest BCUT2D eigenvalue weighted by molar-refractivity contribution is 0.407. The molecule has 0 amide bonds. The molecule has 0 bridgehead atoms. The molecule has 15 heavy (non-hydrogen) atoms. The van der Waals surface area contributed by atoms with Gasteiger partial charge in [0.1, 0.15) is 5.75 Å². The van der Waals surface area contributed by atoms with Gasteiger partial charge in [0.05, 0.1) is 7.11 Å². The van der Waals surface area contributed by atoms with Gasteiger partial charge in [0.2, 0.25) is 0 Å². The number of aryl methyl sites for hydroxylation is 2. The van der Waals surface area contributed by atoms with Crippen LogP contribution in [0.2, 0.25) is 0 Å². The third-order valence-electron chi connectivity index (χ3n) is 2.50. The maximum atomic E-state index is 5.35. The largest absolute Gasteiger partial charge is 0.496 e. The van der Waals surface area contributed by atoms with Crippen molar-refractivity contribution in [1.82, 2.24) is 5.32 Å². The fraction of sp³-hybridized carbons (Fsp3) is 0.500. The van der Waals surface area contributed by atoms with E-state index >= 15 is 0 Å². The van der Waals surface area contributed by atoms with Gasteiger partial charge < -0.3 is 10.1 Å². The maximum absolute atomic E-state index is 5.35. The van der Waals surface area contributed by atoms with Crippen LogP contribution in [-0.4, -0.2) is 19.4 Å². The molecule has 0 fully saturated rings. The number of methoxy groups -OCH3 is 1. The highest BCUT2D eigenvalue weighted by molar-refractivity contribution is 7.80. The van der Waals surface area contributed by atoms with Crippen molar-refractivity contribution in [2.75, 3.05) is 19.4 Å². The first-order valence-corrected chi connectivity index (χ1v) is 5.78. The summed E-state index contributed by atoms with van der Waals surface area (Å²) in [5.41, 5.74) is 3.78. The number of rotatable bonds is 5. The van der Waals surface area contributed by atoms with Gasteiger partial charge in [0, 0.05) is 24.4 Å². The first-order chi connectivity index (χ1) is 7.19. The van der Waals surface area contributed by atoms with E-state index in [4.69, 9.17) is 4.74 Å². The second-order valence-corrected chi connectivity index (χ2v) is 4.10. The van der Waals surface area contributed by atoms with Crippen molar-refractivity contribution in [1.29, 1.82) is 0 Å². The third-order valence-corrected chi connectivity index (χ3v) is 2.72. The lowest BCUT2D eigenvalue weighted by Crippen LogP contribution is -2.16. The Kier molecular flexibility index (Phi) is 4.99. The van der Waals surface area contributed by atoms with Gasteiger partial charge in [0.15, 0.2) is 0 Å². The van der Waals surface area contributed by atoms with E-state index in [-0.39, 0.29) is 0 Å². The summed E-state index contributed by atoms with van der Waals surface area (Å²) in [7, 11) is 1.71. The van der Waals surface area contributed by atoms with Crippen LogP contribution in [0.1, 0.15) is 16.7 Å². The summed E-state index contributed by atoms with van der Waals surface area (Å²) in [6.45, 7) is 5.98. The average molecular weight is 225 g/mol. The lowest BCUT2D eigenvalue weighted by Gasteiger charge is -2.12. The summed E-state index contributed by atoms with van der Waals surface area (Å²) < 4.78 is 5.35. The van der Waals surface area contributed by atoms with E-state index in [0.717, 1.165) is 24.6 Å². The highest BCUT2D eigenvalue weighted by Gasteiger charge is 2.04. The predicted molar refractivity (Wildman–Crippen MR) is 68.0 cm³/mol. The molecule has 0 saturated heterocycles. The second-order valence-electron chi connectivity index (χ2n) is 3.65. The zero-order valence-electron chi connectivity index (χ0n) is 9.63. The van der Waals surface area contributed by atoms with Gasteiger partial charge in [-0.25, -0.2) is 0 Å². The lowest BCUT2D eigenvalue weighted by atomic mass is 10.1. The average Bonchev–Trinajstić information content (AvgIpc) is 2.23. The molecule has 0 aliphatic heterocycles. The number of thiol groups is 1. The van der Waals surface area contributed by atoms with Crippen LogP contribution < -0.4 is 10.1 Å². The molecule has 0 unspecified atom stereocenters. The normalized spacial score (nSPS) is 10.4. The van der Waals surface area contributed by atoms with Crippen molar-refractivity contribution in [3.63, 3.8) is 0 Å². The van der Waals surface area contributed by atoms with Crippen molar-refractivity contribution in [3.8, 4) is 5.75 Å². The molecule has 3 heteroatoms. The van der Waals surface area contributed by atoms with E-state index in [1.807, 2.05) is 0 Å². The first-order valence-electron chi connectivity index (χ1n) is 5.14. The fourth-order valence-electron chi connectivity index (χ4n) is 1.48. The third kappa shape index (κ3) is 3.43. The van der Waals surface area contributed by atoms with Gasteiger partial charge in [-0.2, -0.15) is 12.6 Å². The molecule has 84 valence electrons. The highest BCUT2D eigenvalue weighted by atomic mass is 32.1. The summed E-state index contributed by atoms with van der Waals surface area (Å²) in [5.74, 6) is 1.82. The highest BCUT2D eigenvalue weighted by Crippen LogP contribution is 2.22. The molecule has 1 aromatic carbocycles. The van der Waals surface area contributed by atoms with E-state index in [1.54, 1.807) is 7.11 Å².